The summed E-state index contributed by atoms with van der Waals surface area (Å²) in [5.74, 6) is 0.341. The first-order valence-corrected chi connectivity index (χ1v) is 7.40. The molecule has 0 aromatic heterocycles. The third-order valence-corrected chi connectivity index (χ3v) is 3.00. The van der Waals surface area contributed by atoms with Gasteiger partial charge in [0.2, 0.25) is 0 Å². The zero-order valence-corrected chi connectivity index (χ0v) is 13.1. The van der Waals surface area contributed by atoms with Crippen LogP contribution >= 0.6 is 0 Å². The molecule has 0 amide bonds. The lowest BCUT2D eigenvalue weighted by Gasteiger charge is -2.14. The van der Waals surface area contributed by atoms with Crippen LogP contribution in [0.25, 0.3) is 0 Å². The van der Waals surface area contributed by atoms with Gasteiger partial charge in [-0.2, -0.15) is 0 Å². The predicted molar refractivity (Wildman–Crippen MR) is 78.7 cm³/mol. The Morgan fingerprint density at radius 2 is 2.00 bits per heavy atom. The third-order valence-electron chi connectivity index (χ3n) is 3.00. The molecule has 118 valence electrons. The van der Waals surface area contributed by atoms with Gasteiger partial charge in [0.05, 0.1) is 33.9 Å². The molecule has 0 spiro atoms. The first kappa shape index (κ1) is 17.3. The van der Waals surface area contributed by atoms with Crippen molar-refractivity contribution >= 4 is 5.97 Å². The van der Waals surface area contributed by atoms with Crippen molar-refractivity contribution in [1.82, 2.24) is 0 Å². The van der Waals surface area contributed by atoms with Gasteiger partial charge in [-0.05, 0) is 37.5 Å². The highest BCUT2D eigenvalue weighted by atomic mass is 16.5. The van der Waals surface area contributed by atoms with Gasteiger partial charge in [0, 0.05) is 12.4 Å². The van der Waals surface area contributed by atoms with E-state index in [0.29, 0.717) is 31.1 Å². The number of hydrogen-bond donors (Lipinski definition) is 1. The molecule has 0 bridgehead atoms. The number of aliphatic carboxylic acids is 1. The van der Waals surface area contributed by atoms with Crippen molar-refractivity contribution in [3.05, 3.63) is 23.8 Å². The summed E-state index contributed by atoms with van der Waals surface area (Å²) in [6.45, 7) is 4.15. The Morgan fingerprint density at radius 3 is 2.62 bits per heavy atom. The van der Waals surface area contributed by atoms with Gasteiger partial charge >= 0.3 is 0 Å². The summed E-state index contributed by atoms with van der Waals surface area (Å²) in [5, 5.41) is 10.5. The summed E-state index contributed by atoms with van der Waals surface area (Å²) in [6.07, 6.45) is 1.42. The monoisotopic (exact) mass is 295 g/mol. The van der Waals surface area contributed by atoms with E-state index < -0.39 is 5.97 Å². The summed E-state index contributed by atoms with van der Waals surface area (Å²) in [5.41, 5.74) is 0.910. The minimum atomic E-state index is -1.04. The zero-order valence-electron chi connectivity index (χ0n) is 13.1. The van der Waals surface area contributed by atoms with E-state index in [9.17, 15) is 9.90 Å². The van der Waals surface area contributed by atoms with Crippen LogP contribution in [-0.4, -0.2) is 39.8 Å². The van der Waals surface area contributed by atoms with Crippen molar-refractivity contribution in [2.45, 2.75) is 26.2 Å². The van der Waals surface area contributed by atoms with E-state index in [1.165, 1.54) is 4.90 Å². The Balaban J connectivity index is 2.63. The minimum absolute atomic E-state index is 0.0113. The molecule has 0 unspecified atom stereocenters. The van der Waals surface area contributed by atoms with Crippen LogP contribution in [0.1, 0.15) is 25.3 Å². The number of nitrogens with one attached hydrogen (secondary N) is 1. The molecule has 0 heterocycles. The van der Waals surface area contributed by atoms with Crippen molar-refractivity contribution in [1.29, 1.82) is 0 Å². The lowest BCUT2D eigenvalue weighted by atomic mass is 10.1. The molecule has 0 atom stereocenters. The predicted octanol–water partition coefficient (Wildman–Crippen LogP) is -0.319. The molecule has 1 N–H and O–H groups in total. The fourth-order valence-corrected chi connectivity index (χ4v) is 1.95. The van der Waals surface area contributed by atoms with E-state index in [0.717, 1.165) is 18.5 Å². The van der Waals surface area contributed by atoms with Crippen molar-refractivity contribution in [2.24, 2.45) is 0 Å². The first-order valence-electron chi connectivity index (χ1n) is 7.40. The molecule has 5 nitrogen and oxygen atoms in total. The normalized spacial score (nSPS) is 10.7. The first-order chi connectivity index (χ1) is 10.0. The molecule has 0 aliphatic rings. The lowest BCUT2D eigenvalue weighted by Crippen LogP contribution is -3.05. The van der Waals surface area contributed by atoms with Crippen LogP contribution < -0.4 is 19.5 Å². The van der Waals surface area contributed by atoms with Gasteiger partial charge in [0.15, 0.2) is 11.5 Å². The maximum absolute atomic E-state index is 10.5. The number of rotatable bonds is 10. The molecule has 0 saturated carbocycles. The van der Waals surface area contributed by atoms with E-state index in [2.05, 4.69) is 14.1 Å². The highest BCUT2D eigenvalue weighted by Crippen LogP contribution is 2.29. The molecule has 0 saturated heterocycles. The maximum atomic E-state index is 10.5. The number of quaternary nitrogens is 1. The van der Waals surface area contributed by atoms with Crippen LogP contribution in [0.3, 0.4) is 0 Å². The van der Waals surface area contributed by atoms with Crippen molar-refractivity contribution in [3.8, 4) is 11.5 Å². The second-order valence-corrected chi connectivity index (χ2v) is 5.25. The fourth-order valence-electron chi connectivity index (χ4n) is 1.95. The molecule has 1 aromatic carbocycles. The van der Waals surface area contributed by atoms with Gasteiger partial charge in [-0.3, -0.25) is 0 Å². The lowest BCUT2D eigenvalue weighted by molar-refractivity contribution is -0.858. The molecular weight excluding hydrogens is 270 g/mol. The van der Waals surface area contributed by atoms with Gasteiger partial charge in [0.1, 0.15) is 0 Å². The SMILES string of the molecule is CCOc1cc(CCC(=O)[O-])ccc1OCCC[NH+](C)C. The zero-order chi connectivity index (χ0) is 15.7. The second kappa shape index (κ2) is 9.23. The molecule has 0 aliphatic heterocycles. The summed E-state index contributed by atoms with van der Waals surface area (Å²) in [4.78, 5) is 11.9. The van der Waals surface area contributed by atoms with E-state index >= 15 is 0 Å². The molecular formula is C16H25NO4. The largest absolute Gasteiger partial charge is 0.550 e. The highest BCUT2D eigenvalue weighted by Gasteiger charge is 2.07. The van der Waals surface area contributed by atoms with Gasteiger partial charge < -0.3 is 24.3 Å². The van der Waals surface area contributed by atoms with Crippen LogP contribution in [0.4, 0.5) is 0 Å². The summed E-state index contributed by atoms with van der Waals surface area (Å²) < 4.78 is 11.3. The van der Waals surface area contributed by atoms with Gasteiger partial charge in [-0.15, -0.1) is 0 Å². The van der Waals surface area contributed by atoms with Crippen LogP contribution in [0.2, 0.25) is 0 Å². The number of hydrogen-bond acceptors (Lipinski definition) is 4. The molecule has 0 fully saturated rings. The maximum Gasteiger partial charge on any atom is 0.161 e. The molecule has 0 radical (unpaired) electrons. The van der Waals surface area contributed by atoms with Crippen LogP contribution in [0.5, 0.6) is 11.5 Å². The van der Waals surface area contributed by atoms with Crippen LogP contribution in [0, 0.1) is 0 Å². The Labute approximate surface area is 126 Å². The molecule has 21 heavy (non-hydrogen) atoms. The topological polar surface area (TPSA) is 63.0 Å². The van der Waals surface area contributed by atoms with E-state index in [1.54, 1.807) is 0 Å². The number of carboxylic acid groups (broad SMARTS) is 1. The third kappa shape index (κ3) is 6.99. The van der Waals surface area contributed by atoms with Crippen molar-refractivity contribution in [3.63, 3.8) is 0 Å². The van der Waals surface area contributed by atoms with E-state index in [1.807, 2.05) is 25.1 Å². The van der Waals surface area contributed by atoms with Gasteiger partial charge in [0.25, 0.3) is 0 Å². The average molecular weight is 295 g/mol. The number of ether oxygens (including phenoxy) is 2. The van der Waals surface area contributed by atoms with Crippen molar-refractivity contribution in [2.75, 3.05) is 33.9 Å². The number of benzene rings is 1. The number of carbonyl (C=O) groups excluding carboxylic acids is 1. The molecule has 1 rings (SSSR count). The Bertz CT molecular complexity index is 446. The number of carboxylic acids is 1. The molecule has 0 aliphatic carbocycles. The standard InChI is InChI=1S/C16H25NO4/c1-4-20-15-12-13(7-9-16(18)19)6-8-14(15)21-11-5-10-17(2)3/h6,8,12H,4-5,7,9-11H2,1-3H3,(H,18,19). The Kier molecular flexibility index (Phi) is 7.61. The van der Waals surface area contributed by atoms with Gasteiger partial charge in [-0.25, -0.2) is 0 Å². The smallest absolute Gasteiger partial charge is 0.161 e. The quantitative estimate of drug-likeness (QED) is 0.601. The second-order valence-electron chi connectivity index (χ2n) is 5.25. The average Bonchev–Trinajstić information content (AvgIpc) is 2.43. The number of carbonyl (C=O) groups is 1. The summed E-state index contributed by atoms with van der Waals surface area (Å²) in [7, 11) is 4.22. The Hall–Kier alpha value is -1.75. The van der Waals surface area contributed by atoms with Crippen LogP contribution in [0.15, 0.2) is 18.2 Å². The van der Waals surface area contributed by atoms with E-state index in [-0.39, 0.29) is 6.42 Å². The van der Waals surface area contributed by atoms with E-state index in [4.69, 9.17) is 9.47 Å². The number of aryl methyl sites for hydroxylation is 1. The van der Waals surface area contributed by atoms with Crippen LogP contribution in [-0.2, 0) is 11.2 Å². The summed E-state index contributed by atoms with van der Waals surface area (Å²) in [6, 6.07) is 5.56. The summed E-state index contributed by atoms with van der Waals surface area (Å²) >= 11 is 0. The molecule has 1 aromatic rings. The van der Waals surface area contributed by atoms with Crippen molar-refractivity contribution < 1.29 is 24.3 Å². The molecule has 5 heteroatoms. The fraction of sp³-hybridized carbons (Fsp3) is 0.562. The Morgan fingerprint density at radius 1 is 1.24 bits per heavy atom. The highest BCUT2D eigenvalue weighted by molar-refractivity contribution is 5.64. The minimum Gasteiger partial charge on any atom is -0.550 e. The van der Waals surface area contributed by atoms with Gasteiger partial charge in [-0.1, -0.05) is 6.07 Å².